The lowest BCUT2D eigenvalue weighted by Crippen LogP contribution is -2.45. The summed E-state index contributed by atoms with van der Waals surface area (Å²) in [5, 5.41) is 2.97. The number of thioether (sulfide) groups is 1. The van der Waals surface area contributed by atoms with Crippen LogP contribution in [0.1, 0.15) is 25.8 Å². The van der Waals surface area contributed by atoms with E-state index in [1.807, 2.05) is 36.9 Å². The molecule has 2 atom stereocenters. The highest BCUT2D eigenvalue weighted by molar-refractivity contribution is 7.99. The number of nitrogens with two attached hydrogens (primary N) is 1. The number of benzene rings is 1. The third-order valence-corrected chi connectivity index (χ3v) is 4.03. The van der Waals surface area contributed by atoms with Crippen molar-refractivity contribution in [2.75, 3.05) is 11.5 Å². The quantitative estimate of drug-likeness (QED) is 0.767. The predicted octanol–water partition coefficient (Wildman–Crippen LogP) is 2.20. The molecule has 0 aliphatic heterocycles. The molecule has 0 radical (unpaired) electrons. The SMILES string of the molecule is CCSCC(C)NC(=O)C(N)CCc1ccccc1. The lowest BCUT2D eigenvalue weighted by molar-refractivity contribution is -0.122. The third kappa shape index (κ3) is 6.64. The average Bonchev–Trinajstić information content (AvgIpc) is 2.43. The van der Waals surface area contributed by atoms with Gasteiger partial charge in [-0.05, 0) is 31.1 Å². The molecule has 1 aromatic carbocycles. The van der Waals surface area contributed by atoms with Crippen LogP contribution >= 0.6 is 11.8 Å². The van der Waals surface area contributed by atoms with Gasteiger partial charge in [0.05, 0.1) is 6.04 Å². The summed E-state index contributed by atoms with van der Waals surface area (Å²) in [6, 6.07) is 9.88. The van der Waals surface area contributed by atoms with E-state index in [0.717, 1.165) is 17.9 Å². The number of hydrogen-bond acceptors (Lipinski definition) is 3. The number of aryl methyl sites for hydroxylation is 1. The fraction of sp³-hybridized carbons (Fsp3) is 0.533. The first-order chi connectivity index (χ1) is 9.13. The van der Waals surface area contributed by atoms with Gasteiger partial charge in [0.2, 0.25) is 5.91 Å². The molecule has 1 rings (SSSR count). The zero-order valence-corrected chi connectivity index (χ0v) is 12.6. The molecule has 0 heterocycles. The van der Waals surface area contributed by atoms with Crippen molar-refractivity contribution in [2.24, 2.45) is 5.73 Å². The van der Waals surface area contributed by atoms with Crippen molar-refractivity contribution in [1.82, 2.24) is 5.32 Å². The summed E-state index contributed by atoms with van der Waals surface area (Å²) in [6.07, 6.45) is 1.52. The Morgan fingerprint density at radius 1 is 1.37 bits per heavy atom. The van der Waals surface area contributed by atoms with Crippen LogP contribution in [0.2, 0.25) is 0 Å². The molecule has 2 unspecified atom stereocenters. The van der Waals surface area contributed by atoms with Crippen molar-refractivity contribution in [2.45, 2.75) is 38.8 Å². The van der Waals surface area contributed by atoms with Crippen molar-refractivity contribution < 1.29 is 4.79 Å². The van der Waals surface area contributed by atoms with Gasteiger partial charge in [0.15, 0.2) is 0 Å². The monoisotopic (exact) mass is 280 g/mol. The minimum atomic E-state index is -0.422. The van der Waals surface area contributed by atoms with E-state index in [1.165, 1.54) is 5.56 Å². The van der Waals surface area contributed by atoms with Gasteiger partial charge in [0.1, 0.15) is 0 Å². The summed E-state index contributed by atoms with van der Waals surface area (Å²) >= 11 is 1.82. The maximum Gasteiger partial charge on any atom is 0.237 e. The molecule has 3 N–H and O–H groups in total. The summed E-state index contributed by atoms with van der Waals surface area (Å²) in [5.41, 5.74) is 7.15. The molecule has 0 aliphatic carbocycles. The minimum Gasteiger partial charge on any atom is -0.351 e. The molecule has 1 amide bonds. The van der Waals surface area contributed by atoms with Gasteiger partial charge in [-0.2, -0.15) is 11.8 Å². The fourth-order valence-electron chi connectivity index (χ4n) is 1.78. The van der Waals surface area contributed by atoms with Gasteiger partial charge in [-0.25, -0.2) is 0 Å². The summed E-state index contributed by atoms with van der Waals surface area (Å²) in [5.74, 6) is 1.97. The largest absolute Gasteiger partial charge is 0.351 e. The number of rotatable bonds is 8. The standard InChI is InChI=1S/C15H24N2OS/c1-3-19-11-12(2)17-15(18)14(16)10-9-13-7-5-4-6-8-13/h4-8,12,14H,3,9-11,16H2,1-2H3,(H,17,18). The Morgan fingerprint density at radius 3 is 2.68 bits per heavy atom. The molecule has 106 valence electrons. The molecule has 0 bridgehead atoms. The van der Waals surface area contributed by atoms with Crippen LogP contribution in [-0.2, 0) is 11.2 Å². The van der Waals surface area contributed by atoms with E-state index in [-0.39, 0.29) is 11.9 Å². The second kappa shape index (κ2) is 8.99. The molecule has 0 saturated heterocycles. The third-order valence-electron chi connectivity index (χ3n) is 2.88. The molecule has 4 heteroatoms. The highest BCUT2D eigenvalue weighted by Gasteiger charge is 2.15. The number of nitrogens with one attached hydrogen (secondary N) is 1. The van der Waals surface area contributed by atoms with E-state index in [4.69, 9.17) is 5.73 Å². The topological polar surface area (TPSA) is 55.1 Å². The van der Waals surface area contributed by atoms with Crippen LogP contribution in [-0.4, -0.2) is 29.5 Å². The van der Waals surface area contributed by atoms with Gasteiger partial charge in [0.25, 0.3) is 0 Å². The highest BCUT2D eigenvalue weighted by atomic mass is 32.2. The Bertz CT molecular complexity index is 370. The van der Waals surface area contributed by atoms with Gasteiger partial charge in [-0.3, -0.25) is 4.79 Å². The second-order valence-electron chi connectivity index (χ2n) is 4.70. The molecular formula is C15H24N2OS. The van der Waals surface area contributed by atoms with Crippen LogP contribution in [0.25, 0.3) is 0 Å². The van der Waals surface area contributed by atoms with Gasteiger partial charge in [-0.1, -0.05) is 37.3 Å². The lowest BCUT2D eigenvalue weighted by atomic mass is 10.1. The normalized spacial score (nSPS) is 13.8. The van der Waals surface area contributed by atoms with Crippen LogP contribution < -0.4 is 11.1 Å². The molecule has 1 aromatic rings. The number of carbonyl (C=O) groups excluding carboxylic acids is 1. The second-order valence-corrected chi connectivity index (χ2v) is 6.02. The summed E-state index contributed by atoms with van der Waals surface area (Å²) in [6.45, 7) is 4.13. The van der Waals surface area contributed by atoms with E-state index >= 15 is 0 Å². The molecular weight excluding hydrogens is 256 g/mol. The van der Waals surface area contributed by atoms with Crippen molar-refractivity contribution >= 4 is 17.7 Å². The van der Waals surface area contributed by atoms with Gasteiger partial charge < -0.3 is 11.1 Å². The zero-order chi connectivity index (χ0) is 14.1. The summed E-state index contributed by atoms with van der Waals surface area (Å²) in [4.78, 5) is 11.9. The van der Waals surface area contributed by atoms with Gasteiger partial charge in [-0.15, -0.1) is 0 Å². The number of amides is 1. The van der Waals surface area contributed by atoms with Gasteiger partial charge in [0, 0.05) is 11.8 Å². The van der Waals surface area contributed by atoms with Crippen molar-refractivity contribution in [1.29, 1.82) is 0 Å². The van der Waals surface area contributed by atoms with E-state index in [1.54, 1.807) is 0 Å². The molecule has 0 spiro atoms. The maximum atomic E-state index is 11.9. The summed E-state index contributed by atoms with van der Waals surface area (Å²) < 4.78 is 0. The fourth-order valence-corrected chi connectivity index (χ4v) is 2.46. The Kier molecular flexibility index (Phi) is 7.60. The van der Waals surface area contributed by atoms with Gasteiger partial charge >= 0.3 is 0 Å². The van der Waals surface area contributed by atoms with E-state index in [0.29, 0.717) is 6.42 Å². The molecule has 0 saturated carbocycles. The molecule has 19 heavy (non-hydrogen) atoms. The number of hydrogen-bond donors (Lipinski definition) is 2. The van der Waals surface area contributed by atoms with E-state index in [9.17, 15) is 4.79 Å². The first-order valence-corrected chi connectivity index (χ1v) is 7.96. The Labute approximate surface area is 120 Å². The smallest absolute Gasteiger partial charge is 0.237 e. The first-order valence-electron chi connectivity index (χ1n) is 6.81. The summed E-state index contributed by atoms with van der Waals surface area (Å²) in [7, 11) is 0. The van der Waals surface area contributed by atoms with Crippen LogP contribution in [0.5, 0.6) is 0 Å². The molecule has 0 aliphatic rings. The Hall–Kier alpha value is -1.00. The Morgan fingerprint density at radius 2 is 2.05 bits per heavy atom. The lowest BCUT2D eigenvalue weighted by Gasteiger charge is -2.17. The Balaban J connectivity index is 2.28. The zero-order valence-electron chi connectivity index (χ0n) is 11.8. The first kappa shape index (κ1) is 16.1. The number of carbonyl (C=O) groups is 1. The van der Waals surface area contributed by atoms with Crippen LogP contribution in [0.4, 0.5) is 0 Å². The van der Waals surface area contributed by atoms with E-state index < -0.39 is 6.04 Å². The van der Waals surface area contributed by atoms with Crippen LogP contribution in [0.3, 0.4) is 0 Å². The van der Waals surface area contributed by atoms with Crippen molar-refractivity contribution in [3.8, 4) is 0 Å². The average molecular weight is 280 g/mol. The van der Waals surface area contributed by atoms with Crippen molar-refractivity contribution in [3.05, 3.63) is 35.9 Å². The van der Waals surface area contributed by atoms with Crippen LogP contribution in [0.15, 0.2) is 30.3 Å². The van der Waals surface area contributed by atoms with Crippen molar-refractivity contribution in [3.63, 3.8) is 0 Å². The minimum absolute atomic E-state index is 0.0415. The predicted molar refractivity (Wildman–Crippen MR) is 83.3 cm³/mol. The van der Waals surface area contributed by atoms with Crippen LogP contribution in [0, 0.1) is 0 Å². The molecule has 0 fully saturated rings. The van der Waals surface area contributed by atoms with E-state index in [2.05, 4.69) is 24.4 Å². The molecule has 3 nitrogen and oxygen atoms in total. The molecule has 0 aromatic heterocycles. The maximum absolute atomic E-state index is 11.9. The highest BCUT2D eigenvalue weighted by Crippen LogP contribution is 2.05.